The van der Waals surface area contributed by atoms with Crippen molar-refractivity contribution in [2.24, 2.45) is 5.73 Å². The zero-order valence-corrected chi connectivity index (χ0v) is 10.7. The van der Waals surface area contributed by atoms with Gasteiger partial charge < -0.3 is 16.2 Å². The third kappa shape index (κ3) is 6.03. The number of carbonyl (C=O) groups is 1. The van der Waals surface area contributed by atoms with Gasteiger partial charge in [-0.05, 0) is 32.2 Å². The van der Waals surface area contributed by atoms with Gasteiger partial charge in [0.25, 0.3) is 0 Å². The molecule has 0 heterocycles. The monoisotopic (exact) mass is 242 g/mol. The van der Waals surface area contributed by atoms with Crippen molar-refractivity contribution in [3.8, 4) is 0 Å². The van der Waals surface area contributed by atoms with Crippen molar-refractivity contribution >= 4 is 5.91 Å². The third-order valence-electron chi connectivity index (χ3n) is 3.51. The van der Waals surface area contributed by atoms with Crippen molar-refractivity contribution in [1.29, 1.82) is 0 Å². The van der Waals surface area contributed by atoms with Crippen LogP contribution in [-0.2, 0) is 4.79 Å². The van der Waals surface area contributed by atoms with Crippen molar-refractivity contribution in [2.75, 3.05) is 13.1 Å². The van der Waals surface area contributed by atoms with Crippen LogP contribution in [0.1, 0.15) is 57.8 Å². The van der Waals surface area contributed by atoms with Crippen molar-refractivity contribution < 1.29 is 9.90 Å². The first-order valence-electron chi connectivity index (χ1n) is 6.85. The zero-order valence-electron chi connectivity index (χ0n) is 10.7. The molecule has 1 rings (SSSR count). The van der Waals surface area contributed by atoms with E-state index in [2.05, 4.69) is 5.32 Å². The number of nitrogens with two attached hydrogens (primary N) is 1. The van der Waals surface area contributed by atoms with Gasteiger partial charge in [-0.25, -0.2) is 0 Å². The van der Waals surface area contributed by atoms with Gasteiger partial charge in [0.1, 0.15) is 0 Å². The molecule has 0 aromatic rings. The van der Waals surface area contributed by atoms with Crippen LogP contribution in [0, 0.1) is 0 Å². The summed E-state index contributed by atoms with van der Waals surface area (Å²) in [6.45, 7) is 1.12. The first kappa shape index (κ1) is 14.5. The summed E-state index contributed by atoms with van der Waals surface area (Å²) in [5.74, 6) is 0.0565. The molecule has 100 valence electrons. The topological polar surface area (TPSA) is 75.4 Å². The molecular weight excluding hydrogens is 216 g/mol. The summed E-state index contributed by atoms with van der Waals surface area (Å²) in [6, 6.07) is 0. The highest BCUT2D eigenvalue weighted by Crippen LogP contribution is 2.27. The van der Waals surface area contributed by atoms with E-state index >= 15 is 0 Å². The van der Waals surface area contributed by atoms with Crippen LogP contribution in [0.3, 0.4) is 0 Å². The fraction of sp³-hybridized carbons (Fsp3) is 0.923. The highest BCUT2D eigenvalue weighted by molar-refractivity contribution is 5.75. The van der Waals surface area contributed by atoms with Gasteiger partial charge >= 0.3 is 0 Å². The molecule has 0 radical (unpaired) electrons. The Morgan fingerprint density at radius 2 is 1.88 bits per heavy atom. The minimum atomic E-state index is -0.648. The highest BCUT2D eigenvalue weighted by Gasteiger charge is 2.29. The summed E-state index contributed by atoms with van der Waals surface area (Å²) in [7, 11) is 0. The molecule has 0 aromatic heterocycles. The van der Waals surface area contributed by atoms with Crippen LogP contribution in [0.4, 0.5) is 0 Å². The Kier molecular flexibility index (Phi) is 6.52. The second-order valence-electron chi connectivity index (χ2n) is 5.16. The maximum atomic E-state index is 11.5. The molecule has 0 atom stereocenters. The molecule has 1 fully saturated rings. The van der Waals surface area contributed by atoms with Crippen LogP contribution < -0.4 is 11.1 Å². The number of unbranched alkanes of at least 4 members (excludes halogenated alkanes) is 2. The summed E-state index contributed by atoms with van der Waals surface area (Å²) in [5.41, 5.74) is 4.74. The Hall–Kier alpha value is -0.610. The van der Waals surface area contributed by atoms with E-state index < -0.39 is 5.60 Å². The van der Waals surface area contributed by atoms with E-state index in [1.807, 2.05) is 0 Å². The van der Waals surface area contributed by atoms with Crippen LogP contribution >= 0.6 is 0 Å². The molecule has 1 aliphatic carbocycles. The Bertz CT molecular complexity index is 225. The highest BCUT2D eigenvalue weighted by atomic mass is 16.3. The molecule has 17 heavy (non-hydrogen) atoms. The van der Waals surface area contributed by atoms with Gasteiger partial charge in [0, 0.05) is 13.0 Å². The zero-order chi connectivity index (χ0) is 12.6. The second kappa shape index (κ2) is 7.67. The average molecular weight is 242 g/mol. The first-order chi connectivity index (χ1) is 8.16. The van der Waals surface area contributed by atoms with Gasteiger partial charge in [0.15, 0.2) is 0 Å². The summed E-state index contributed by atoms with van der Waals surface area (Å²) in [6.07, 6.45) is 8.42. The lowest BCUT2D eigenvalue weighted by Crippen LogP contribution is -2.44. The summed E-state index contributed by atoms with van der Waals surface area (Å²) in [5, 5.41) is 13.0. The third-order valence-corrected chi connectivity index (χ3v) is 3.51. The number of nitrogens with one attached hydrogen (secondary N) is 1. The predicted molar refractivity (Wildman–Crippen MR) is 68.6 cm³/mol. The van der Waals surface area contributed by atoms with Crippen LogP contribution in [-0.4, -0.2) is 29.7 Å². The van der Waals surface area contributed by atoms with Crippen molar-refractivity contribution in [3.05, 3.63) is 0 Å². The lowest BCUT2D eigenvalue weighted by molar-refractivity contribution is -0.122. The maximum Gasteiger partial charge on any atom is 0.220 e. The van der Waals surface area contributed by atoms with Gasteiger partial charge in [-0.1, -0.05) is 25.7 Å². The lowest BCUT2D eigenvalue weighted by Gasteiger charge is -2.32. The number of amides is 1. The van der Waals surface area contributed by atoms with Crippen molar-refractivity contribution in [1.82, 2.24) is 5.32 Å². The normalized spacial score (nSPS) is 18.9. The Morgan fingerprint density at radius 1 is 1.18 bits per heavy atom. The van der Waals surface area contributed by atoms with E-state index in [1.165, 1.54) is 6.42 Å². The molecule has 1 aliphatic rings. The molecule has 0 unspecified atom stereocenters. The molecule has 1 saturated carbocycles. The SMILES string of the molecule is NCCCCCC(=O)NCC1(O)CCCCC1. The molecule has 0 spiro atoms. The molecule has 0 aliphatic heterocycles. The predicted octanol–water partition coefficient (Wildman–Crippen LogP) is 1.32. The van der Waals surface area contributed by atoms with E-state index in [4.69, 9.17) is 5.73 Å². The quantitative estimate of drug-likeness (QED) is 0.589. The first-order valence-corrected chi connectivity index (χ1v) is 6.85. The molecule has 4 N–H and O–H groups in total. The number of hydrogen-bond donors (Lipinski definition) is 3. The smallest absolute Gasteiger partial charge is 0.220 e. The molecule has 1 amide bonds. The van der Waals surface area contributed by atoms with Gasteiger partial charge in [-0.15, -0.1) is 0 Å². The number of aliphatic hydroxyl groups is 1. The van der Waals surface area contributed by atoms with Gasteiger partial charge in [0.05, 0.1) is 5.60 Å². The standard InChI is InChI=1S/C13H26N2O2/c14-10-6-1-3-7-12(16)15-11-13(17)8-4-2-5-9-13/h17H,1-11,14H2,(H,15,16). The maximum absolute atomic E-state index is 11.5. The summed E-state index contributed by atoms with van der Waals surface area (Å²) in [4.78, 5) is 11.5. The van der Waals surface area contributed by atoms with Crippen molar-refractivity contribution in [3.63, 3.8) is 0 Å². The molecule has 0 aromatic carbocycles. The van der Waals surface area contributed by atoms with Gasteiger partial charge in [0.2, 0.25) is 5.91 Å². The van der Waals surface area contributed by atoms with E-state index in [-0.39, 0.29) is 5.91 Å². The molecule has 4 heteroatoms. The van der Waals surface area contributed by atoms with Gasteiger partial charge in [-0.3, -0.25) is 4.79 Å². The van der Waals surface area contributed by atoms with Crippen LogP contribution in [0.5, 0.6) is 0 Å². The van der Waals surface area contributed by atoms with E-state index in [0.717, 1.165) is 44.9 Å². The molecular formula is C13H26N2O2. The van der Waals surface area contributed by atoms with Crippen LogP contribution in [0.2, 0.25) is 0 Å². The lowest BCUT2D eigenvalue weighted by atomic mass is 9.85. The Morgan fingerprint density at radius 3 is 2.53 bits per heavy atom. The molecule has 0 saturated heterocycles. The Labute approximate surface area is 104 Å². The fourth-order valence-corrected chi connectivity index (χ4v) is 2.34. The summed E-state index contributed by atoms with van der Waals surface area (Å²) >= 11 is 0. The minimum Gasteiger partial charge on any atom is -0.388 e. The van der Waals surface area contributed by atoms with Crippen LogP contribution in [0.15, 0.2) is 0 Å². The van der Waals surface area contributed by atoms with Crippen molar-refractivity contribution in [2.45, 2.75) is 63.4 Å². The van der Waals surface area contributed by atoms with E-state index in [1.54, 1.807) is 0 Å². The summed E-state index contributed by atoms with van der Waals surface area (Å²) < 4.78 is 0. The Balaban J connectivity index is 2.10. The number of rotatable bonds is 7. The number of hydrogen-bond acceptors (Lipinski definition) is 3. The second-order valence-corrected chi connectivity index (χ2v) is 5.16. The fourth-order valence-electron chi connectivity index (χ4n) is 2.34. The van der Waals surface area contributed by atoms with E-state index in [0.29, 0.717) is 19.5 Å². The number of carbonyl (C=O) groups excluding carboxylic acids is 1. The van der Waals surface area contributed by atoms with E-state index in [9.17, 15) is 9.90 Å². The average Bonchev–Trinajstić information content (AvgIpc) is 2.33. The van der Waals surface area contributed by atoms with Gasteiger partial charge in [-0.2, -0.15) is 0 Å². The van der Waals surface area contributed by atoms with Crippen LogP contribution in [0.25, 0.3) is 0 Å². The molecule has 4 nitrogen and oxygen atoms in total. The minimum absolute atomic E-state index is 0.0565. The largest absolute Gasteiger partial charge is 0.388 e. The molecule has 0 bridgehead atoms.